The molecule has 6 heteroatoms. The fourth-order valence-corrected chi connectivity index (χ4v) is 2.40. The number of aromatic hydroxyl groups is 1. The van der Waals surface area contributed by atoms with Gasteiger partial charge in [-0.1, -0.05) is 27.5 Å². The van der Waals surface area contributed by atoms with Crippen LogP contribution in [-0.2, 0) is 0 Å². The first-order valence-electron chi connectivity index (χ1n) is 5.27. The first-order valence-corrected chi connectivity index (χ1v) is 6.45. The summed E-state index contributed by atoms with van der Waals surface area (Å²) in [5.41, 5.74) is -0.906. The van der Waals surface area contributed by atoms with E-state index in [1.165, 1.54) is 17.0 Å². The van der Waals surface area contributed by atoms with Crippen molar-refractivity contribution in [3.8, 4) is 5.75 Å². The van der Waals surface area contributed by atoms with Crippen LogP contribution in [0.3, 0.4) is 0 Å². The molecule has 1 aromatic carbocycles. The SMILES string of the molecule is CN(CC(C)(C)O)C(=O)c1cc(Br)cc(Cl)c1O. The summed E-state index contributed by atoms with van der Waals surface area (Å²) in [6, 6.07) is 2.99. The smallest absolute Gasteiger partial charge is 0.257 e. The van der Waals surface area contributed by atoms with Gasteiger partial charge in [-0.3, -0.25) is 4.79 Å². The van der Waals surface area contributed by atoms with E-state index in [0.29, 0.717) is 4.47 Å². The van der Waals surface area contributed by atoms with Gasteiger partial charge in [0.2, 0.25) is 0 Å². The Kier molecular flexibility index (Phi) is 4.64. The van der Waals surface area contributed by atoms with Crippen molar-refractivity contribution in [3.63, 3.8) is 0 Å². The summed E-state index contributed by atoms with van der Waals surface area (Å²) >= 11 is 9.01. The number of amides is 1. The summed E-state index contributed by atoms with van der Waals surface area (Å²) in [5.74, 6) is -0.662. The first-order chi connectivity index (χ1) is 8.11. The molecule has 0 bridgehead atoms. The van der Waals surface area contributed by atoms with Crippen LogP contribution in [0.5, 0.6) is 5.75 Å². The average molecular weight is 337 g/mol. The van der Waals surface area contributed by atoms with Crippen LogP contribution in [0.15, 0.2) is 16.6 Å². The normalized spacial score (nSPS) is 11.4. The van der Waals surface area contributed by atoms with Gasteiger partial charge >= 0.3 is 0 Å². The summed E-state index contributed by atoms with van der Waals surface area (Å²) in [6.07, 6.45) is 0. The van der Waals surface area contributed by atoms with E-state index < -0.39 is 11.5 Å². The van der Waals surface area contributed by atoms with Crippen LogP contribution in [0, 0.1) is 0 Å². The molecule has 0 aromatic heterocycles. The van der Waals surface area contributed by atoms with E-state index in [1.54, 1.807) is 20.9 Å². The van der Waals surface area contributed by atoms with Crippen molar-refractivity contribution in [1.29, 1.82) is 0 Å². The minimum absolute atomic E-state index is 0.0983. The summed E-state index contributed by atoms with van der Waals surface area (Å²) in [4.78, 5) is 13.5. The van der Waals surface area contributed by atoms with Gasteiger partial charge < -0.3 is 15.1 Å². The molecule has 1 amide bonds. The lowest BCUT2D eigenvalue weighted by Crippen LogP contribution is -2.39. The zero-order valence-electron chi connectivity index (χ0n) is 10.4. The summed E-state index contributed by atoms with van der Waals surface area (Å²) in [6.45, 7) is 3.35. The van der Waals surface area contributed by atoms with Crippen LogP contribution in [0.4, 0.5) is 0 Å². The standard InChI is InChI=1S/C12H15BrClNO3/c1-12(2,18)6-15(3)11(17)8-4-7(13)5-9(14)10(8)16/h4-5,16,18H,6H2,1-3H3. The van der Waals surface area contributed by atoms with E-state index in [1.807, 2.05) is 0 Å². The van der Waals surface area contributed by atoms with Crippen LogP contribution in [-0.4, -0.2) is 40.2 Å². The second kappa shape index (κ2) is 5.47. The van der Waals surface area contributed by atoms with Crippen LogP contribution in [0.2, 0.25) is 5.02 Å². The highest BCUT2D eigenvalue weighted by Crippen LogP contribution is 2.32. The third-order valence-corrected chi connectivity index (χ3v) is 2.98. The molecule has 4 nitrogen and oxygen atoms in total. The number of nitrogens with zero attached hydrogens (tertiary/aromatic N) is 1. The molecule has 1 aromatic rings. The second-order valence-corrected chi connectivity index (χ2v) is 6.08. The monoisotopic (exact) mass is 335 g/mol. The fourth-order valence-electron chi connectivity index (χ4n) is 1.59. The van der Waals surface area contributed by atoms with E-state index in [4.69, 9.17) is 11.6 Å². The molecule has 100 valence electrons. The highest BCUT2D eigenvalue weighted by Gasteiger charge is 2.23. The first kappa shape index (κ1) is 15.3. The molecule has 0 aliphatic rings. The minimum atomic E-state index is -1.00. The van der Waals surface area contributed by atoms with E-state index >= 15 is 0 Å². The van der Waals surface area contributed by atoms with Crippen LogP contribution in [0.1, 0.15) is 24.2 Å². The molecule has 0 fully saturated rings. The summed E-state index contributed by atoms with van der Waals surface area (Å²) < 4.78 is 0.602. The molecule has 0 aliphatic carbocycles. The Bertz CT molecular complexity index is 471. The Balaban J connectivity index is 3.04. The summed E-state index contributed by atoms with van der Waals surface area (Å²) in [7, 11) is 1.55. The van der Waals surface area contributed by atoms with Crippen molar-refractivity contribution >= 4 is 33.4 Å². The number of phenolic OH excluding ortho intramolecular Hbond substituents is 1. The highest BCUT2D eigenvalue weighted by atomic mass is 79.9. The molecule has 0 spiro atoms. The molecule has 0 atom stereocenters. The van der Waals surface area contributed by atoms with E-state index in [-0.39, 0.29) is 22.9 Å². The molecule has 0 heterocycles. The zero-order chi connectivity index (χ0) is 14.1. The van der Waals surface area contributed by atoms with Gasteiger partial charge in [0.15, 0.2) is 0 Å². The minimum Gasteiger partial charge on any atom is -0.506 e. The number of hydrogen-bond donors (Lipinski definition) is 2. The van der Waals surface area contributed by atoms with Gasteiger partial charge in [0.1, 0.15) is 5.75 Å². The maximum atomic E-state index is 12.1. The predicted octanol–water partition coefficient (Wildman–Crippen LogP) is 2.65. The largest absolute Gasteiger partial charge is 0.506 e. The van der Waals surface area contributed by atoms with Crippen molar-refractivity contribution in [3.05, 3.63) is 27.2 Å². The van der Waals surface area contributed by atoms with Crippen LogP contribution in [0.25, 0.3) is 0 Å². The average Bonchev–Trinajstić information content (AvgIpc) is 2.19. The Hall–Kier alpha value is -0.780. The van der Waals surface area contributed by atoms with Crippen LogP contribution < -0.4 is 0 Å². The summed E-state index contributed by atoms with van der Waals surface area (Å²) in [5, 5.41) is 19.5. The number of halogens is 2. The van der Waals surface area contributed by atoms with Crippen molar-refractivity contribution in [2.45, 2.75) is 19.4 Å². The topological polar surface area (TPSA) is 60.8 Å². The number of rotatable bonds is 3. The van der Waals surface area contributed by atoms with E-state index in [2.05, 4.69) is 15.9 Å². The molecule has 0 saturated heterocycles. The van der Waals surface area contributed by atoms with Crippen molar-refractivity contribution in [2.24, 2.45) is 0 Å². The molecule has 18 heavy (non-hydrogen) atoms. The molecule has 0 aliphatic heterocycles. The zero-order valence-corrected chi connectivity index (χ0v) is 12.7. The lowest BCUT2D eigenvalue weighted by Gasteiger charge is -2.26. The van der Waals surface area contributed by atoms with Crippen molar-refractivity contribution in [2.75, 3.05) is 13.6 Å². The maximum Gasteiger partial charge on any atom is 0.257 e. The highest BCUT2D eigenvalue weighted by molar-refractivity contribution is 9.10. The van der Waals surface area contributed by atoms with Crippen molar-refractivity contribution in [1.82, 2.24) is 4.90 Å². The van der Waals surface area contributed by atoms with Gasteiger partial charge in [-0.2, -0.15) is 0 Å². The Morgan fingerprint density at radius 3 is 2.56 bits per heavy atom. The predicted molar refractivity (Wildman–Crippen MR) is 74.1 cm³/mol. The maximum absolute atomic E-state index is 12.1. The molecule has 0 unspecified atom stereocenters. The van der Waals surface area contributed by atoms with E-state index in [0.717, 1.165) is 0 Å². The quantitative estimate of drug-likeness (QED) is 0.892. The fraction of sp³-hybridized carbons (Fsp3) is 0.417. The number of phenols is 1. The number of carbonyl (C=O) groups is 1. The van der Waals surface area contributed by atoms with Gasteiger partial charge in [0.05, 0.1) is 16.2 Å². The molecular weight excluding hydrogens is 321 g/mol. The lowest BCUT2D eigenvalue weighted by molar-refractivity contribution is 0.0366. The molecule has 1 rings (SSSR count). The Morgan fingerprint density at radius 1 is 1.50 bits per heavy atom. The second-order valence-electron chi connectivity index (χ2n) is 4.76. The Morgan fingerprint density at radius 2 is 2.06 bits per heavy atom. The Labute approximate surface area is 119 Å². The molecule has 0 saturated carbocycles. The number of benzene rings is 1. The number of carbonyl (C=O) groups excluding carboxylic acids is 1. The molecular formula is C12H15BrClNO3. The third-order valence-electron chi connectivity index (χ3n) is 2.23. The van der Waals surface area contributed by atoms with E-state index in [9.17, 15) is 15.0 Å². The number of aliphatic hydroxyl groups is 1. The number of hydrogen-bond acceptors (Lipinski definition) is 3. The number of likely N-dealkylation sites (N-methyl/N-ethyl adjacent to an activating group) is 1. The van der Waals surface area contributed by atoms with Crippen LogP contribution >= 0.6 is 27.5 Å². The van der Waals surface area contributed by atoms with Gasteiger partial charge in [-0.05, 0) is 26.0 Å². The lowest BCUT2D eigenvalue weighted by atomic mass is 10.1. The third kappa shape index (κ3) is 3.86. The molecule has 0 radical (unpaired) electrons. The molecule has 2 N–H and O–H groups in total. The van der Waals surface area contributed by atoms with Gasteiger partial charge in [-0.25, -0.2) is 0 Å². The van der Waals surface area contributed by atoms with Gasteiger partial charge in [0.25, 0.3) is 5.91 Å². The van der Waals surface area contributed by atoms with Crippen molar-refractivity contribution < 1.29 is 15.0 Å². The van der Waals surface area contributed by atoms with Gasteiger partial charge in [0, 0.05) is 18.1 Å². The van der Waals surface area contributed by atoms with Gasteiger partial charge in [-0.15, -0.1) is 0 Å².